The van der Waals surface area contributed by atoms with E-state index < -0.39 is 10.0 Å². The van der Waals surface area contributed by atoms with Crippen LogP contribution < -0.4 is 4.72 Å². The molecule has 3 aromatic rings. The zero-order chi connectivity index (χ0) is 20.6. The topological polar surface area (TPSA) is 90.0 Å². The fraction of sp³-hybridized carbons (Fsp3) is 0.400. The van der Waals surface area contributed by atoms with Crippen LogP contribution in [0.15, 0.2) is 27.5 Å². The summed E-state index contributed by atoms with van der Waals surface area (Å²) >= 11 is 0. The molecule has 0 aliphatic carbocycles. The Morgan fingerprint density at radius 3 is 2.39 bits per heavy atom. The summed E-state index contributed by atoms with van der Waals surface area (Å²) in [5.74, 6) is 0.862. The van der Waals surface area contributed by atoms with Crippen LogP contribution in [0.5, 0.6) is 0 Å². The predicted molar refractivity (Wildman–Crippen MR) is 109 cm³/mol. The zero-order valence-electron chi connectivity index (χ0n) is 17.1. The van der Waals surface area contributed by atoms with Crippen LogP contribution in [0.2, 0.25) is 0 Å². The van der Waals surface area contributed by atoms with E-state index in [1.165, 1.54) is 0 Å². The molecule has 7 nitrogen and oxygen atoms in total. The molecule has 0 saturated carbocycles. The molecule has 2 aromatic heterocycles. The molecule has 0 fully saturated rings. The minimum absolute atomic E-state index is 0.251. The number of nitrogens with one attached hydrogen (secondary N) is 1. The van der Waals surface area contributed by atoms with E-state index in [0.717, 1.165) is 11.1 Å². The van der Waals surface area contributed by atoms with Crippen LogP contribution in [0.4, 0.5) is 5.69 Å². The molecule has 0 spiro atoms. The first kappa shape index (κ1) is 20.1. The van der Waals surface area contributed by atoms with Crippen molar-refractivity contribution in [2.75, 3.05) is 4.72 Å². The third kappa shape index (κ3) is 3.44. The molecule has 0 aliphatic heterocycles. The molecular weight excluding hydrogens is 376 g/mol. The van der Waals surface area contributed by atoms with Gasteiger partial charge in [-0.05, 0) is 46.2 Å². The highest BCUT2D eigenvalue weighted by atomic mass is 32.2. The smallest absolute Gasteiger partial charge is 0.264 e. The Hall–Kier alpha value is -2.61. The molecule has 8 heteroatoms. The molecule has 0 radical (unpaired) electrons. The molecule has 0 bridgehead atoms. The van der Waals surface area contributed by atoms with Gasteiger partial charge < -0.3 is 8.98 Å². The zero-order valence-corrected chi connectivity index (χ0v) is 17.9. The fourth-order valence-corrected chi connectivity index (χ4v) is 5.17. The van der Waals surface area contributed by atoms with Crippen molar-refractivity contribution in [3.05, 3.63) is 46.5 Å². The maximum absolute atomic E-state index is 13.3. The van der Waals surface area contributed by atoms with Gasteiger partial charge in [-0.2, -0.15) is 0 Å². The lowest BCUT2D eigenvalue weighted by molar-refractivity contribution is 0.507. The fourth-order valence-electron chi connectivity index (χ4n) is 3.55. The van der Waals surface area contributed by atoms with E-state index in [9.17, 15) is 8.42 Å². The van der Waals surface area contributed by atoms with Crippen LogP contribution in [0.3, 0.4) is 0 Å². The minimum atomic E-state index is -3.79. The first-order chi connectivity index (χ1) is 13.2. The van der Waals surface area contributed by atoms with E-state index in [2.05, 4.69) is 14.9 Å². The van der Waals surface area contributed by atoms with Gasteiger partial charge in [0.25, 0.3) is 15.9 Å². The quantitative estimate of drug-likeness (QED) is 0.669. The van der Waals surface area contributed by atoms with Crippen molar-refractivity contribution in [3.63, 3.8) is 0 Å². The van der Waals surface area contributed by atoms with E-state index in [1.807, 2.05) is 44.4 Å². The molecule has 28 heavy (non-hydrogen) atoms. The summed E-state index contributed by atoms with van der Waals surface area (Å²) in [6, 6.07) is 5.62. The lowest BCUT2D eigenvalue weighted by Gasteiger charge is -2.12. The Balaban J connectivity index is 2.13. The number of hydrogen-bond donors (Lipinski definition) is 1. The minimum Gasteiger partial charge on any atom is -0.419 e. The summed E-state index contributed by atoms with van der Waals surface area (Å²) in [4.78, 5) is 0.251. The molecule has 2 heterocycles. The van der Waals surface area contributed by atoms with Crippen LogP contribution in [0, 0.1) is 27.7 Å². The van der Waals surface area contributed by atoms with E-state index in [-0.39, 0.29) is 4.90 Å². The van der Waals surface area contributed by atoms with Gasteiger partial charge >= 0.3 is 0 Å². The van der Waals surface area contributed by atoms with Crippen molar-refractivity contribution >= 4 is 15.7 Å². The van der Waals surface area contributed by atoms with Crippen molar-refractivity contribution in [2.24, 2.45) is 0 Å². The average molecular weight is 403 g/mol. The van der Waals surface area contributed by atoms with Crippen LogP contribution in [-0.2, 0) is 23.0 Å². The van der Waals surface area contributed by atoms with Crippen LogP contribution >= 0.6 is 0 Å². The SMILES string of the molecule is CCc1nnc(-c2c(C)c(S(=O)(=O)Nc3ccc(C)cc3C)c(C)n2CC)o1. The van der Waals surface area contributed by atoms with Crippen LogP contribution in [-0.4, -0.2) is 23.2 Å². The summed E-state index contributed by atoms with van der Waals surface area (Å²) in [5, 5.41) is 8.14. The third-order valence-electron chi connectivity index (χ3n) is 4.88. The number of rotatable bonds is 6. The predicted octanol–water partition coefficient (Wildman–Crippen LogP) is 4.15. The molecule has 1 aromatic carbocycles. The molecule has 1 N–H and O–H groups in total. The summed E-state index contributed by atoms with van der Waals surface area (Å²) < 4.78 is 36.9. The van der Waals surface area contributed by atoms with E-state index in [0.29, 0.717) is 47.4 Å². The molecule has 0 unspecified atom stereocenters. The Morgan fingerprint density at radius 1 is 1.11 bits per heavy atom. The standard InChI is InChI=1S/C20H26N4O3S/c1-7-17-21-22-20(27-17)18-14(5)19(15(6)24(18)8-2)28(25,26)23-16-10-9-12(3)11-13(16)4/h9-11,23H,7-8H2,1-6H3. The summed E-state index contributed by atoms with van der Waals surface area (Å²) in [7, 11) is -3.79. The van der Waals surface area contributed by atoms with Gasteiger partial charge in [0.15, 0.2) is 0 Å². The van der Waals surface area contributed by atoms with Gasteiger partial charge in [0.1, 0.15) is 10.6 Å². The van der Waals surface area contributed by atoms with Crippen molar-refractivity contribution in [1.29, 1.82) is 0 Å². The molecule has 0 amide bonds. The van der Waals surface area contributed by atoms with Crippen molar-refractivity contribution < 1.29 is 12.8 Å². The number of anilines is 1. The van der Waals surface area contributed by atoms with Gasteiger partial charge in [-0.25, -0.2) is 8.42 Å². The summed E-state index contributed by atoms with van der Waals surface area (Å²) in [5.41, 5.74) is 4.41. The number of hydrogen-bond acceptors (Lipinski definition) is 5. The largest absolute Gasteiger partial charge is 0.419 e. The van der Waals surface area contributed by atoms with Gasteiger partial charge in [-0.15, -0.1) is 10.2 Å². The first-order valence-electron chi connectivity index (χ1n) is 9.32. The highest BCUT2D eigenvalue weighted by molar-refractivity contribution is 7.92. The number of nitrogens with zero attached hydrogens (tertiary/aromatic N) is 3. The molecular formula is C20H26N4O3S. The van der Waals surface area contributed by atoms with Gasteiger partial charge in [0.05, 0.1) is 5.69 Å². The highest BCUT2D eigenvalue weighted by Gasteiger charge is 2.30. The number of benzene rings is 1. The Bertz CT molecular complexity index is 1130. The second-order valence-electron chi connectivity index (χ2n) is 6.91. The van der Waals surface area contributed by atoms with Gasteiger partial charge in [-0.3, -0.25) is 4.72 Å². The van der Waals surface area contributed by atoms with E-state index in [1.54, 1.807) is 19.9 Å². The molecule has 0 aliphatic rings. The molecule has 150 valence electrons. The molecule has 0 saturated heterocycles. The maximum Gasteiger partial charge on any atom is 0.264 e. The maximum atomic E-state index is 13.3. The van der Waals surface area contributed by atoms with Crippen molar-refractivity contribution in [1.82, 2.24) is 14.8 Å². The Kier molecular flexibility index (Phi) is 5.34. The lowest BCUT2D eigenvalue weighted by Crippen LogP contribution is -2.15. The third-order valence-corrected chi connectivity index (χ3v) is 6.51. The second-order valence-corrected chi connectivity index (χ2v) is 8.53. The van der Waals surface area contributed by atoms with Crippen molar-refractivity contribution in [2.45, 2.75) is 59.4 Å². The highest BCUT2D eigenvalue weighted by Crippen LogP contribution is 2.34. The second kappa shape index (κ2) is 7.43. The van der Waals surface area contributed by atoms with E-state index in [4.69, 9.17) is 4.42 Å². The molecule has 0 atom stereocenters. The Morgan fingerprint density at radius 2 is 1.82 bits per heavy atom. The summed E-state index contributed by atoms with van der Waals surface area (Å²) in [6.07, 6.45) is 0.622. The van der Waals surface area contributed by atoms with Crippen molar-refractivity contribution in [3.8, 4) is 11.6 Å². The Labute approximate surface area is 165 Å². The first-order valence-corrected chi connectivity index (χ1v) is 10.8. The normalized spacial score (nSPS) is 11.8. The number of aryl methyl sites for hydroxylation is 3. The number of sulfonamides is 1. The average Bonchev–Trinajstić information content (AvgIpc) is 3.19. The van der Waals surface area contributed by atoms with Gasteiger partial charge in [0, 0.05) is 24.2 Å². The van der Waals surface area contributed by atoms with Gasteiger partial charge in [-0.1, -0.05) is 24.6 Å². The summed E-state index contributed by atoms with van der Waals surface area (Å²) in [6.45, 7) is 11.9. The van der Waals surface area contributed by atoms with Gasteiger partial charge in [0.2, 0.25) is 5.89 Å². The van der Waals surface area contributed by atoms with Crippen LogP contribution in [0.1, 0.15) is 42.1 Å². The monoisotopic (exact) mass is 402 g/mol. The van der Waals surface area contributed by atoms with E-state index >= 15 is 0 Å². The lowest BCUT2D eigenvalue weighted by atomic mass is 10.1. The van der Waals surface area contributed by atoms with Crippen LogP contribution in [0.25, 0.3) is 11.6 Å². The molecule has 3 rings (SSSR count). The number of aromatic nitrogens is 3.